The zero-order valence-corrected chi connectivity index (χ0v) is 14.0. The highest BCUT2D eigenvalue weighted by Gasteiger charge is 2.15. The summed E-state index contributed by atoms with van der Waals surface area (Å²) in [6.07, 6.45) is 1.66. The van der Waals surface area contributed by atoms with Gasteiger partial charge in [0.2, 0.25) is 5.28 Å². The molecule has 0 unspecified atom stereocenters. The molecule has 0 aliphatic rings. The van der Waals surface area contributed by atoms with Crippen LogP contribution < -0.4 is 5.32 Å². The first-order valence-electron chi connectivity index (χ1n) is 7.42. The molecule has 0 amide bonds. The molecular formula is C16H16ClN5O2. The minimum absolute atomic E-state index is 0.140. The third-order valence-electron chi connectivity index (χ3n) is 3.54. The maximum absolute atomic E-state index is 11.9. The number of aromatic nitrogens is 4. The molecule has 0 aliphatic carbocycles. The quantitative estimate of drug-likeness (QED) is 0.565. The molecule has 3 aromatic rings. The van der Waals surface area contributed by atoms with Crippen LogP contribution in [0.5, 0.6) is 0 Å². The van der Waals surface area contributed by atoms with Gasteiger partial charge in [0.1, 0.15) is 0 Å². The summed E-state index contributed by atoms with van der Waals surface area (Å²) in [4.78, 5) is 24.7. The van der Waals surface area contributed by atoms with Crippen LogP contribution in [0.2, 0.25) is 5.28 Å². The van der Waals surface area contributed by atoms with Crippen LogP contribution in [0.3, 0.4) is 0 Å². The first-order chi connectivity index (χ1) is 11.6. The predicted molar refractivity (Wildman–Crippen MR) is 91.4 cm³/mol. The second-order valence-corrected chi connectivity index (χ2v) is 5.40. The molecule has 7 nitrogen and oxygen atoms in total. The number of rotatable bonds is 5. The first-order valence-corrected chi connectivity index (χ1v) is 7.80. The largest absolute Gasteiger partial charge is 0.465 e. The number of hydrogen-bond acceptors (Lipinski definition) is 6. The van der Waals surface area contributed by atoms with Crippen molar-refractivity contribution in [3.8, 4) is 0 Å². The van der Waals surface area contributed by atoms with Gasteiger partial charge in [-0.15, -0.1) is 0 Å². The van der Waals surface area contributed by atoms with Gasteiger partial charge in [0.15, 0.2) is 17.0 Å². The number of esters is 1. The zero-order chi connectivity index (χ0) is 17.1. The number of hydrogen-bond donors (Lipinski definition) is 1. The van der Waals surface area contributed by atoms with Crippen molar-refractivity contribution < 1.29 is 9.53 Å². The normalized spacial score (nSPS) is 10.8. The molecule has 1 N–H and O–H groups in total. The van der Waals surface area contributed by atoms with Crippen molar-refractivity contribution in [1.29, 1.82) is 0 Å². The summed E-state index contributed by atoms with van der Waals surface area (Å²) in [6.45, 7) is 3.08. The Bertz CT molecular complexity index is 893. The predicted octanol–water partition coefficient (Wildman–Crippen LogP) is 2.75. The summed E-state index contributed by atoms with van der Waals surface area (Å²) in [5.74, 6) is 0.212. The number of imidazole rings is 1. The number of ether oxygens (including phenoxy) is 1. The highest BCUT2D eigenvalue weighted by Crippen LogP contribution is 2.22. The van der Waals surface area contributed by atoms with Gasteiger partial charge in [-0.2, -0.15) is 9.97 Å². The molecule has 0 fully saturated rings. The van der Waals surface area contributed by atoms with Crippen LogP contribution in [0, 0.1) is 0 Å². The molecule has 0 spiro atoms. The molecule has 24 heavy (non-hydrogen) atoms. The van der Waals surface area contributed by atoms with E-state index in [-0.39, 0.29) is 11.3 Å². The van der Waals surface area contributed by atoms with Crippen molar-refractivity contribution >= 4 is 34.6 Å². The first kappa shape index (κ1) is 16.2. The van der Waals surface area contributed by atoms with E-state index >= 15 is 0 Å². The van der Waals surface area contributed by atoms with Gasteiger partial charge in [0.05, 0.1) is 25.5 Å². The van der Waals surface area contributed by atoms with Gasteiger partial charge < -0.3 is 14.6 Å². The lowest BCUT2D eigenvalue weighted by atomic mass is 10.1. The van der Waals surface area contributed by atoms with Crippen molar-refractivity contribution in [3.05, 3.63) is 47.0 Å². The summed E-state index contributed by atoms with van der Waals surface area (Å²) in [5.41, 5.74) is 2.56. The van der Waals surface area contributed by atoms with Crippen molar-refractivity contribution in [3.63, 3.8) is 0 Å². The van der Waals surface area contributed by atoms with Crippen molar-refractivity contribution in [2.75, 3.05) is 19.0 Å². The fraction of sp³-hybridized carbons (Fsp3) is 0.250. The number of carbonyl (C=O) groups excluding carboxylic acids is 1. The van der Waals surface area contributed by atoms with Crippen molar-refractivity contribution in [2.24, 2.45) is 0 Å². The second-order valence-electron chi connectivity index (χ2n) is 5.06. The summed E-state index contributed by atoms with van der Waals surface area (Å²) >= 11 is 6.02. The lowest BCUT2D eigenvalue weighted by molar-refractivity contribution is 0.0599. The maximum Gasteiger partial charge on any atom is 0.338 e. The zero-order valence-electron chi connectivity index (χ0n) is 13.3. The molecule has 0 atom stereocenters. The Kier molecular flexibility index (Phi) is 4.61. The number of methoxy groups -OCH3 is 1. The van der Waals surface area contributed by atoms with Crippen LogP contribution in [0.25, 0.3) is 11.2 Å². The van der Waals surface area contributed by atoms with Gasteiger partial charge in [-0.3, -0.25) is 0 Å². The van der Waals surface area contributed by atoms with Gasteiger partial charge in [0.25, 0.3) is 0 Å². The molecule has 124 valence electrons. The van der Waals surface area contributed by atoms with Crippen molar-refractivity contribution in [1.82, 2.24) is 19.5 Å². The van der Waals surface area contributed by atoms with Crippen LogP contribution in [0.15, 0.2) is 30.6 Å². The van der Waals surface area contributed by atoms with E-state index in [1.54, 1.807) is 18.5 Å². The molecular weight excluding hydrogens is 330 g/mol. The highest BCUT2D eigenvalue weighted by atomic mass is 35.5. The Labute approximate surface area is 143 Å². The van der Waals surface area contributed by atoms with Crippen LogP contribution in [0.1, 0.15) is 22.8 Å². The topological polar surface area (TPSA) is 81.9 Å². The fourth-order valence-electron chi connectivity index (χ4n) is 2.47. The number of fused-ring (bicyclic) bond motifs is 1. The van der Waals surface area contributed by atoms with Gasteiger partial charge >= 0.3 is 5.97 Å². The van der Waals surface area contributed by atoms with E-state index in [0.717, 1.165) is 5.56 Å². The Hall–Kier alpha value is -2.67. The molecule has 0 aliphatic heterocycles. The van der Waals surface area contributed by atoms with Gasteiger partial charge in [-0.25, -0.2) is 9.78 Å². The van der Waals surface area contributed by atoms with E-state index in [2.05, 4.69) is 20.3 Å². The molecule has 8 heteroatoms. The number of halogens is 1. The van der Waals surface area contributed by atoms with Crippen LogP contribution in [-0.2, 0) is 11.3 Å². The van der Waals surface area contributed by atoms with E-state index in [4.69, 9.17) is 16.3 Å². The maximum atomic E-state index is 11.9. The third-order valence-corrected chi connectivity index (χ3v) is 3.71. The molecule has 1 aromatic carbocycles. The van der Waals surface area contributed by atoms with Gasteiger partial charge in [-0.1, -0.05) is 18.2 Å². The lowest BCUT2D eigenvalue weighted by Crippen LogP contribution is -2.09. The Morgan fingerprint density at radius 3 is 2.88 bits per heavy atom. The SMILES string of the molecule is CCNc1nc(Cl)nc2c1ncn2Cc1ccccc1C(=O)OC. The Morgan fingerprint density at radius 1 is 1.33 bits per heavy atom. The van der Waals surface area contributed by atoms with E-state index in [0.29, 0.717) is 35.6 Å². The minimum Gasteiger partial charge on any atom is -0.465 e. The third kappa shape index (κ3) is 3.03. The van der Waals surface area contributed by atoms with E-state index in [9.17, 15) is 4.79 Å². The second kappa shape index (κ2) is 6.84. The van der Waals surface area contributed by atoms with E-state index < -0.39 is 0 Å². The summed E-state index contributed by atoms with van der Waals surface area (Å²) < 4.78 is 6.66. The molecule has 0 saturated heterocycles. The number of nitrogens with one attached hydrogen (secondary N) is 1. The van der Waals surface area contributed by atoms with Crippen LogP contribution in [0.4, 0.5) is 5.82 Å². The molecule has 2 aromatic heterocycles. The molecule has 0 saturated carbocycles. The number of benzene rings is 1. The van der Waals surface area contributed by atoms with Gasteiger partial charge in [-0.05, 0) is 30.2 Å². The van der Waals surface area contributed by atoms with Crippen LogP contribution >= 0.6 is 11.6 Å². The molecule has 0 radical (unpaired) electrons. The molecule has 2 heterocycles. The molecule has 3 rings (SSSR count). The standard InChI is InChI=1S/C16H16ClN5O2/c1-3-18-13-12-14(21-16(17)20-13)22(9-19-12)8-10-6-4-5-7-11(10)15(23)24-2/h4-7,9H,3,8H2,1-2H3,(H,18,20,21). The number of carbonyl (C=O) groups is 1. The lowest BCUT2D eigenvalue weighted by Gasteiger charge is -2.09. The summed E-state index contributed by atoms with van der Waals surface area (Å²) in [5, 5.41) is 3.26. The monoisotopic (exact) mass is 345 g/mol. The number of nitrogens with zero attached hydrogens (tertiary/aromatic N) is 4. The number of anilines is 1. The minimum atomic E-state index is -0.379. The average molecular weight is 346 g/mol. The Morgan fingerprint density at radius 2 is 2.12 bits per heavy atom. The van der Waals surface area contributed by atoms with Gasteiger partial charge in [0, 0.05) is 6.54 Å². The fourth-order valence-corrected chi connectivity index (χ4v) is 2.64. The Balaban J connectivity index is 2.04. The van der Waals surface area contributed by atoms with E-state index in [1.807, 2.05) is 23.6 Å². The molecule has 0 bridgehead atoms. The average Bonchev–Trinajstić information content (AvgIpc) is 2.98. The van der Waals surface area contributed by atoms with Crippen molar-refractivity contribution in [2.45, 2.75) is 13.5 Å². The smallest absolute Gasteiger partial charge is 0.338 e. The van der Waals surface area contributed by atoms with E-state index in [1.165, 1.54) is 7.11 Å². The van der Waals surface area contributed by atoms with Crippen LogP contribution in [-0.4, -0.2) is 39.1 Å². The summed E-state index contributed by atoms with van der Waals surface area (Å²) in [7, 11) is 1.36. The summed E-state index contributed by atoms with van der Waals surface area (Å²) in [6, 6.07) is 7.26. The highest BCUT2D eigenvalue weighted by molar-refractivity contribution is 6.28.